The Balaban J connectivity index is 0.00000173. The van der Waals surface area contributed by atoms with Crippen molar-refractivity contribution >= 4 is 101 Å². The first kappa shape index (κ1) is 30.2. The van der Waals surface area contributed by atoms with Crippen molar-refractivity contribution in [2.24, 2.45) is 0 Å². The molecule has 8 heteroatoms. The Labute approximate surface area is 270 Å². The molecule has 0 bridgehead atoms. The van der Waals surface area contributed by atoms with E-state index in [4.69, 9.17) is 0 Å². The van der Waals surface area contributed by atoms with E-state index in [1.807, 2.05) is 32.0 Å². The third-order valence-corrected chi connectivity index (χ3v) is 11.1. The zero-order valence-corrected chi connectivity index (χ0v) is 27.7. The predicted molar refractivity (Wildman–Crippen MR) is 189 cm³/mol. The lowest BCUT2D eigenvalue weighted by molar-refractivity contribution is 0.111. The topological polar surface area (TPSA) is 37.4 Å². The van der Waals surface area contributed by atoms with Crippen LogP contribution in [-0.2, 0) is 0 Å². The summed E-state index contributed by atoms with van der Waals surface area (Å²) in [6.45, 7) is 7.78. The SMILES string of the molecule is C=CSc1cc(-c2ccc(N(c3ccc(Br)cc3)c3ccc(-c4cc5sc(C=O)cc5s4)cc3)cc2)sc1C=O.CC. The lowest BCUT2D eigenvalue weighted by atomic mass is 10.1. The van der Waals surface area contributed by atoms with Crippen LogP contribution in [0.1, 0.15) is 33.2 Å². The van der Waals surface area contributed by atoms with Crippen molar-refractivity contribution in [3.8, 4) is 20.9 Å². The van der Waals surface area contributed by atoms with Gasteiger partial charge in [-0.3, -0.25) is 9.59 Å². The molecule has 42 heavy (non-hydrogen) atoms. The van der Waals surface area contributed by atoms with E-state index in [-0.39, 0.29) is 0 Å². The number of fused-ring (bicyclic) bond motifs is 1. The zero-order chi connectivity index (χ0) is 29.6. The van der Waals surface area contributed by atoms with E-state index in [9.17, 15) is 9.59 Å². The van der Waals surface area contributed by atoms with Gasteiger partial charge in [-0.2, -0.15) is 0 Å². The zero-order valence-electron chi connectivity index (χ0n) is 22.9. The molecule has 3 aromatic heterocycles. The second kappa shape index (κ2) is 13.8. The van der Waals surface area contributed by atoms with Crippen molar-refractivity contribution in [1.29, 1.82) is 0 Å². The molecule has 0 atom stereocenters. The Morgan fingerprint density at radius 2 is 1.21 bits per heavy atom. The minimum atomic E-state index is 0.718. The van der Waals surface area contributed by atoms with E-state index in [2.05, 4.69) is 100 Å². The summed E-state index contributed by atoms with van der Waals surface area (Å²) in [5.41, 5.74) is 5.34. The summed E-state index contributed by atoms with van der Waals surface area (Å²) < 4.78 is 3.31. The third kappa shape index (κ3) is 6.38. The molecule has 0 unspecified atom stereocenters. The molecule has 6 rings (SSSR count). The molecule has 3 nitrogen and oxygen atoms in total. The van der Waals surface area contributed by atoms with Crippen molar-refractivity contribution in [2.45, 2.75) is 18.7 Å². The van der Waals surface area contributed by atoms with Crippen molar-refractivity contribution in [1.82, 2.24) is 0 Å². The number of anilines is 3. The van der Waals surface area contributed by atoms with Gasteiger partial charge >= 0.3 is 0 Å². The molecule has 0 amide bonds. The van der Waals surface area contributed by atoms with E-state index < -0.39 is 0 Å². The second-order valence-corrected chi connectivity index (χ2v) is 14.0. The van der Waals surface area contributed by atoms with Crippen LogP contribution < -0.4 is 4.90 Å². The van der Waals surface area contributed by atoms with E-state index in [0.29, 0.717) is 0 Å². The van der Waals surface area contributed by atoms with Crippen molar-refractivity contribution in [3.05, 3.63) is 117 Å². The van der Waals surface area contributed by atoms with Gasteiger partial charge in [-0.1, -0.05) is 72.4 Å². The number of hydrogen-bond acceptors (Lipinski definition) is 7. The van der Waals surface area contributed by atoms with Crippen molar-refractivity contribution in [2.75, 3.05) is 4.90 Å². The van der Waals surface area contributed by atoms with Crippen LogP contribution in [-0.4, -0.2) is 12.6 Å². The summed E-state index contributed by atoms with van der Waals surface area (Å²) >= 11 is 9.75. The predicted octanol–water partition coefficient (Wildman–Crippen LogP) is 12.5. The number of rotatable bonds is 9. The van der Waals surface area contributed by atoms with Gasteiger partial charge in [0.15, 0.2) is 12.6 Å². The quantitative estimate of drug-likeness (QED) is 0.112. The highest BCUT2D eigenvalue weighted by Gasteiger charge is 2.15. The van der Waals surface area contributed by atoms with Crippen LogP contribution in [0.3, 0.4) is 0 Å². The van der Waals surface area contributed by atoms with Crippen LogP contribution in [0.5, 0.6) is 0 Å². The molecule has 0 fully saturated rings. The minimum Gasteiger partial charge on any atom is -0.311 e. The number of carbonyl (C=O) groups is 2. The summed E-state index contributed by atoms with van der Waals surface area (Å²) in [5, 5.41) is 1.74. The number of carbonyl (C=O) groups excluding carboxylic acids is 2. The molecule has 0 saturated heterocycles. The van der Waals surface area contributed by atoms with Gasteiger partial charge in [0.1, 0.15) is 0 Å². The molecule has 3 heterocycles. The first-order chi connectivity index (χ1) is 20.6. The molecule has 0 N–H and O–H groups in total. The number of thiophene rings is 3. The minimum absolute atomic E-state index is 0.718. The molecule has 0 spiro atoms. The molecule has 0 radical (unpaired) electrons. The first-order valence-corrected chi connectivity index (χ1v) is 17.3. The average molecular weight is 689 g/mol. The molecule has 6 aromatic rings. The third-order valence-electron chi connectivity index (χ3n) is 6.29. The Morgan fingerprint density at radius 3 is 1.71 bits per heavy atom. The van der Waals surface area contributed by atoms with Gasteiger partial charge in [-0.15, -0.1) is 34.0 Å². The van der Waals surface area contributed by atoms with Crippen LogP contribution in [0.2, 0.25) is 0 Å². The highest BCUT2D eigenvalue weighted by atomic mass is 79.9. The Morgan fingerprint density at radius 1 is 0.690 bits per heavy atom. The van der Waals surface area contributed by atoms with E-state index in [0.717, 1.165) is 74.2 Å². The van der Waals surface area contributed by atoms with Gasteiger partial charge in [0.05, 0.1) is 9.75 Å². The Kier molecular flexibility index (Phi) is 9.92. The maximum absolute atomic E-state index is 11.5. The largest absolute Gasteiger partial charge is 0.311 e. The average Bonchev–Trinajstić information content (AvgIpc) is 3.74. The van der Waals surface area contributed by atoms with Crippen LogP contribution in [0.25, 0.3) is 30.3 Å². The number of hydrogen-bond donors (Lipinski definition) is 0. The van der Waals surface area contributed by atoms with Gasteiger partial charge in [0, 0.05) is 45.6 Å². The number of aldehydes is 2. The number of halogens is 1. The van der Waals surface area contributed by atoms with Crippen LogP contribution >= 0.6 is 61.7 Å². The summed E-state index contributed by atoms with van der Waals surface area (Å²) in [6, 6.07) is 31.5. The molecule has 3 aromatic carbocycles. The van der Waals surface area contributed by atoms with Gasteiger partial charge in [0.25, 0.3) is 0 Å². The molecule has 210 valence electrons. The van der Waals surface area contributed by atoms with Crippen molar-refractivity contribution < 1.29 is 9.59 Å². The molecular weight excluding hydrogens is 663 g/mol. The number of benzene rings is 3. The second-order valence-electron chi connectivity index (χ2n) is 8.75. The van der Waals surface area contributed by atoms with Gasteiger partial charge in [-0.05, 0) is 83.3 Å². The molecule has 0 aliphatic heterocycles. The lowest BCUT2D eigenvalue weighted by Gasteiger charge is -2.26. The highest BCUT2D eigenvalue weighted by molar-refractivity contribution is 9.10. The molecular formula is C34H26BrNO2S4. The number of thioether (sulfide) groups is 1. The summed E-state index contributed by atoms with van der Waals surface area (Å²) in [7, 11) is 0. The Hall–Kier alpha value is -3.27. The van der Waals surface area contributed by atoms with Gasteiger partial charge < -0.3 is 4.90 Å². The standard InChI is InChI=1S/C32H20BrNO2S4.C2H6/c1-2-37-29-16-27(40-32(29)19-36)20-3-9-23(10-4-20)34(25-13-7-22(33)8-14-25)24-11-5-21(6-12-24)28-17-31-30(39-28)15-26(18-35)38-31;1-2/h2-19H,1H2;1-2H3. The fourth-order valence-corrected chi connectivity index (χ4v) is 8.68. The van der Waals surface area contributed by atoms with E-state index in [1.165, 1.54) is 39.3 Å². The fraction of sp³-hybridized carbons (Fsp3) is 0.0588. The molecule has 0 aliphatic carbocycles. The Bertz CT molecular complexity index is 1800. The van der Waals surface area contributed by atoms with Crippen LogP contribution in [0.4, 0.5) is 17.1 Å². The lowest BCUT2D eigenvalue weighted by Crippen LogP contribution is -2.09. The van der Waals surface area contributed by atoms with Crippen LogP contribution in [0, 0.1) is 0 Å². The molecule has 0 saturated carbocycles. The summed E-state index contributed by atoms with van der Waals surface area (Å²) in [6.07, 6.45) is 1.83. The summed E-state index contributed by atoms with van der Waals surface area (Å²) in [4.78, 5) is 29.5. The highest BCUT2D eigenvalue weighted by Crippen LogP contribution is 2.41. The van der Waals surface area contributed by atoms with Crippen molar-refractivity contribution in [3.63, 3.8) is 0 Å². The van der Waals surface area contributed by atoms with E-state index in [1.54, 1.807) is 16.7 Å². The van der Waals surface area contributed by atoms with Crippen LogP contribution in [0.15, 0.2) is 112 Å². The van der Waals surface area contributed by atoms with Gasteiger partial charge in [0.2, 0.25) is 0 Å². The monoisotopic (exact) mass is 687 g/mol. The van der Waals surface area contributed by atoms with E-state index >= 15 is 0 Å². The number of nitrogens with zero attached hydrogens (tertiary/aromatic N) is 1. The maximum atomic E-state index is 11.5. The molecule has 0 aliphatic rings. The maximum Gasteiger partial charge on any atom is 0.161 e. The fourth-order valence-electron chi connectivity index (χ4n) is 4.44. The normalized spacial score (nSPS) is 10.6. The van der Waals surface area contributed by atoms with Gasteiger partial charge in [-0.25, -0.2) is 0 Å². The smallest absolute Gasteiger partial charge is 0.161 e. The summed E-state index contributed by atoms with van der Waals surface area (Å²) in [5.74, 6) is 0. The first-order valence-electron chi connectivity index (χ1n) is 13.2.